The molecule has 19 heavy (non-hydrogen) atoms. The highest BCUT2D eigenvalue weighted by Crippen LogP contribution is 2.37. The maximum absolute atomic E-state index is 14.2. The second-order valence-electron chi connectivity index (χ2n) is 5.99. The van der Waals surface area contributed by atoms with E-state index in [-0.39, 0.29) is 5.82 Å². The highest BCUT2D eigenvalue weighted by atomic mass is 19.1. The normalized spacial score (nSPS) is 21.2. The van der Waals surface area contributed by atoms with Gasteiger partial charge in [0.1, 0.15) is 5.82 Å². The summed E-state index contributed by atoms with van der Waals surface area (Å²) in [6.07, 6.45) is 1.79. The Morgan fingerprint density at radius 3 is 2.32 bits per heavy atom. The van der Waals surface area contributed by atoms with Crippen LogP contribution in [-0.2, 0) is 9.31 Å². The lowest BCUT2D eigenvalue weighted by atomic mass is 9.77. The summed E-state index contributed by atoms with van der Waals surface area (Å²) in [6, 6.07) is 5.11. The summed E-state index contributed by atoms with van der Waals surface area (Å²) in [4.78, 5) is 3.06. The molecule has 5 heteroatoms. The summed E-state index contributed by atoms with van der Waals surface area (Å²) in [5.74, 6) is -0.312. The number of nitrogens with one attached hydrogen (secondary N) is 1. The molecule has 0 aliphatic carbocycles. The molecule has 2 aromatic rings. The van der Waals surface area contributed by atoms with Gasteiger partial charge in [-0.25, -0.2) is 4.39 Å². The van der Waals surface area contributed by atoms with Crippen molar-refractivity contribution in [1.29, 1.82) is 0 Å². The number of rotatable bonds is 1. The fourth-order valence-corrected chi connectivity index (χ4v) is 2.32. The number of hydrogen-bond donors (Lipinski definition) is 1. The van der Waals surface area contributed by atoms with E-state index in [0.29, 0.717) is 5.46 Å². The first-order valence-corrected chi connectivity index (χ1v) is 6.43. The number of aromatic amines is 1. The largest absolute Gasteiger partial charge is 0.500 e. The van der Waals surface area contributed by atoms with E-state index in [1.165, 1.54) is 6.07 Å². The van der Waals surface area contributed by atoms with Crippen molar-refractivity contribution >= 4 is 23.5 Å². The Balaban J connectivity index is 2.12. The first-order chi connectivity index (χ1) is 8.82. The van der Waals surface area contributed by atoms with E-state index in [1.807, 2.05) is 33.8 Å². The van der Waals surface area contributed by atoms with Crippen molar-refractivity contribution in [2.75, 3.05) is 0 Å². The topological polar surface area (TPSA) is 34.2 Å². The van der Waals surface area contributed by atoms with Crippen LogP contribution in [0.5, 0.6) is 0 Å². The fraction of sp³-hybridized carbons (Fsp3) is 0.429. The first-order valence-electron chi connectivity index (χ1n) is 6.43. The lowest BCUT2D eigenvalue weighted by Gasteiger charge is -2.32. The highest BCUT2D eigenvalue weighted by molar-refractivity contribution is 6.65. The summed E-state index contributed by atoms with van der Waals surface area (Å²) in [6.45, 7) is 7.83. The molecule has 1 saturated heterocycles. The van der Waals surface area contributed by atoms with Gasteiger partial charge in [0.25, 0.3) is 0 Å². The quantitative estimate of drug-likeness (QED) is 0.800. The molecular formula is C14H17BFNO2. The molecule has 1 N–H and O–H groups in total. The second-order valence-corrected chi connectivity index (χ2v) is 5.99. The van der Waals surface area contributed by atoms with Crippen LogP contribution in [0.4, 0.5) is 4.39 Å². The van der Waals surface area contributed by atoms with Gasteiger partial charge in [-0.15, -0.1) is 0 Å². The molecule has 1 aliphatic rings. The van der Waals surface area contributed by atoms with Crippen LogP contribution in [0.3, 0.4) is 0 Å². The van der Waals surface area contributed by atoms with E-state index < -0.39 is 18.3 Å². The van der Waals surface area contributed by atoms with Crippen LogP contribution in [-0.4, -0.2) is 23.3 Å². The SMILES string of the molecule is CC1(C)OB(c2c(F)ccc3cc[nH]c23)OC1(C)C. The van der Waals surface area contributed by atoms with Crippen LogP contribution in [0, 0.1) is 5.82 Å². The number of H-pyrrole nitrogens is 1. The molecule has 0 saturated carbocycles. The van der Waals surface area contributed by atoms with E-state index in [2.05, 4.69) is 4.98 Å². The predicted octanol–water partition coefficient (Wildman–Crippen LogP) is 2.61. The standard InChI is InChI=1S/C14H17BFNO2/c1-13(2)14(3,4)19-15(18-13)11-10(16)6-5-9-7-8-17-12(9)11/h5-8,17H,1-4H3. The zero-order valence-corrected chi connectivity index (χ0v) is 11.6. The van der Waals surface area contributed by atoms with Gasteiger partial charge in [0.15, 0.2) is 0 Å². The van der Waals surface area contributed by atoms with Crippen LogP contribution >= 0.6 is 0 Å². The minimum Gasteiger partial charge on any atom is -0.399 e. The average Bonchev–Trinajstić information content (AvgIpc) is 2.81. The molecule has 3 rings (SSSR count). The van der Waals surface area contributed by atoms with Crippen molar-refractivity contribution in [3.8, 4) is 0 Å². The molecule has 1 fully saturated rings. The number of halogens is 1. The van der Waals surface area contributed by atoms with E-state index in [9.17, 15) is 4.39 Å². The first kappa shape index (κ1) is 12.7. The van der Waals surface area contributed by atoms with Crippen LogP contribution < -0.4 is 5.46 Å². The third-order valence-electron chi connectivity index (χ3n) is 4.20. The summed E-state index contributed by atoms with van der Waals surface area (Å²) in [7, 11) is -0.688. The van der Waals surface area contributed by atoms with Gasteiger partial charge >= 0.3 is 7.12 Å². The Morgan fingerprint density at radius 1 is 1.05 bits per heavy atom. The molecule has 0 radical (unpaired) electrons. The Labute approximate surface area is 112 Å². The van der Waals surface area contributed by atoms with Gasteiger partial charge in [0.2, 0.25) is 0 Å². The van der Waals surface area contributed by atoms with Crippen molar-refractivity contribution in [3.63, 3.8) is 0 Å². The van der Waals surface area contributed by atoms with Crippen molar-refractivity contribution < 1.29 is 13.7 Å². The minimum absolute atomic E-state index is 0.312. The number of aromatic nitrogens is 1. The maximum atomic E-state index is 14.2. The molecule has 1 aromatic carbocycles. The zero-order valence-electron chi connectivity index (χ0n) is 11.6. The van der Waals surface area contributed by atoms with Crippen LogP contribution in [0.2, 0.25) is 0 Å². The fourth-order valence-electron chi connectivity index (χ4n) is 2.32. The smallest absolute Gasteiger partial charge is 0.399 e. The van der Waals surface area contributed by atoms with E-state index in [1.54, 1.807) is 12.3 Å². The van der Waals surface area contributed by atoms with Crippen LogP contribution in [0.1, 0.15) is 27.7 Å². The predicted molar refractivity (Wildman–Crippen MR) is 74.0 cm³/mol. The van der Waals surface area contributed by atoms with Gasteiger partial charge in [-0.05, 0) is 51.3 Å². The van der Waals surface area contributed by atoms with Gasteiger partial charge in [-0.3, -0.25) is 0 Å². The van der Waals surface area contributed by atoms with Gasteiger partial charge in [0.05, 0.1) is 11.2 Å². The van der Waals surface area contributed by atoms with Gasteiger partial charge in [-0.1, -0.05) is 0 Å². The third kappa shape index (κ3) is 1.80. The molecule has 100 valence electrons. The number of hydrogen-bond acceptors (Lipinski definition) is 2. The molecule has 0 amide bonds. The van der Waals surface area contributed by atoms with Crippen LogP contribution in [0.15, 0.2) is 24.4 Å². The summed E-state index contributed by atoms with van der Waals surface area (Å²) < 4.78 is 26.0. The molecule has 0 atom stereocenters. The van der Waals surface area contributed by atoms with Crippen molar-refractivity contribution in [2.45, 2.75) is 38.9 Å². The van der Waals surface area contributed by atoms with Crippen molar-refractivity contribution in [3.05, 3.63) is 30.2 Å². The molecule has 0 spiro atoms. The van der Waals surface area contributed by atoms with Gasteiger partial charge in [-0.2, -0.15) is 0 Å². The Bertz CT molecular complexity index is 619. The lowest BCUT2D eigenvalue weighted by Crippen LogP contribution is -2.41. The van der Waals surface area contributed by atoms with Gasteiger partial charge < -0.3 is 14.3 Å². The van der Waals surface area contributed by atoms with Gasteiger partial charge in [0, 0.05) is 17.2 Å². The third-order valence-corrected chi connectivity index (χ3v) is 4.20. The molecule has 2 heterocycles. The summed E-state index contributed by atoms with van der Waals surface area (Å²) in [5.41, 5.74) is 0.234. The van der Waals surface area contributed by atoms with E-state index in [0.717, 1.165) is 10.9 Å². The highest BCUT2D eigenvalue weighted by Gasteiger charge is 2.53. The summed E-state index contributed by atoms with van der Waals surface area (Å²) in [5, 5.41) is 0.950. The van der Waals surface area contributed by atoms with Crippen LogP contribution in [0.25, 0.3) is 10.9 Å². The maximum Gasteiger partial charge on any atom is 0.500 e. The number of benzene rings is 1. The Kier molecular flexibility index (Phi) is 2.56. The Morgan fingerprint density at radius 2 is 1.68 bits per heavy atom. The molecule has 1 aliphatic heterocycles. The number of fused-ring (bicyclic) bond motifs is 1. The zero-order chi connectivity index (χ0) is 13.8. The molecule has 3 nitrogen and oxygen atoms in total. The Hall–Kier alpha value is -1.33. The lowest BCUT2D eigenvalue weighted by molar-refractivity contribution is 0.00578. The monoisotopic (exact) mass is 261 g/mol. The van der Waals surface area contributed by atoms with E-state index >= 15 is 0 Å². The average molecular weight is 261 g/mol. The minimum atomic E-state index is -0.688. The van der Waals surface area contributed by atoms with Crippen molar-refractivity contribution in [1.82, 2.24) is 4.98 Å². The van der Waals surface area contributed by atoms with Crippen molar-refractivity contribution in [2.24, 2.45) is 0 Å². The molecular weight excluding hydrogens is 244 g/mol. The second kappa shape index (κ2) is 3.84. The summed E-state index contributed by atoms with van der Waals surface area (Å²) >= 11 is 0. The molecule has 1 aromatic heterocycles. The molecule has 0 bridgehead atoms. The van der Waals surface area contributed by atoms with E-state index in [4.69, 9.17) is 9.31 Å². The molecule has 0 unspecified atom stereocenters.